The zero-order valence-corrected chi connectivity index (χ0v) is 10.3. The summed E-state index contributed by atoms with van der Waals surface area (Å²) in [5.41, 5.74) is 5.34. The molecule has 1 atom stereocenters. The van der Waals surface area contributed by atoms with E-state index in [0.29, 0.717) is 13.0 Å². The van der Waals surface area contributed by atoms with Gasteiger partial charge in [0.05, 0.1) is 6.61 Å². The Morgan fingerprint density at radius 1 is 1.41 bits per heavy atom. The van der Waals surface area contributed by atoms with Gasteiger partial charge in [-0.2, -0.15) is 0 Å². The average molecular weight is 237 g/mol. The van der Waals surface area contributed by atoms with Crippen LogP contribution in [0.3, 0.4) is 0 Å². The van der Waals surface area contributed by atoms with E-state index in [9.17, 15) is 4.79 Å². The Bertz CT molecular complexity index is 371. The van der Waals surface area contributed by atoms with Crippen LogP contribution in [0.25, 0.3) is 0 Å². The lowest BCUT2D eigenvalue weighted by Crippen LogP contribution is -2.46. The predicted molar refractivity (Wildman–Crippen MR) is 66.2 cm³/mol. The zero-order valence-electron chi connectivity index (χ0n) is 10.3. The number of aliphatic carboxylic acids is 1. The van der Waals surface area contributed by atoms with E-state index in [1.165, 1.54) is 6.92 Å². The Labute approximate surface area is 101 Å². The molecule has 94 valence electrons. The van der Waals surface area contributed by atoms with Crippen LogP contribution in [-0.4, -0.2) is 23.2 Å². The van der Waals surface area contributed by atoms with Gasteiger partial charge in [-0.15, -0.1) is 0 Å². The molecule has 0 bridgehead atoms. The maximum absolute atomic E-state index is 10.9. The molecule has 17 heavy (non-hydrogen) atoms. The van der Waals surface area contributed by atoms with Crippen molar-refractivity contribution in [3.8, 4) is 5.75 Å². The molecule has 1 aromatic carbocycles. The molecule has 4 heteroatoms. The summed E-state index contributed by atoms with van der Waals surface area (Å²) in [6.07, 6.45) is 1.26. The number of nitrogens with two attached hydrogens (primary N) is 1. The number of hydrogen-bond acceptors (Lipinski definition) is 3. The summed E-state index contributed by atoms with van der Waals surface area (Å²) in [5.74, 6) is -0.201. The quantitative estimate of drug-likeness (QED) is 0.791. The van der Waals surface area contributed by atoms with Crippen LogP contribution in [0.15, 0.2) is 24.3 Å². The first-order valence-corrected chi connectivity index (χ1v) is 5.69. The third-order valence-electron chi connectivity index (χ3n) is 2.46. The molecule has 1 unspecified atom stereocenters. The first-order valence-electron chi connectivity index (χ1n) is 5.69. The zero-order chi connectivity index (χ0) is 12.9. The molecule has 0 heterocycles. The molecule has 0 fully saturated rings. The highest BCUT2D eigenvalue weighted by Gasteiger charge is 2.27. The number of carbonyl (C=O) groups is 1. The SMILES string of the molecule is CCCOc1ccc(CC(C)(N)C(=O)O)cc1. The van der Waals surface area contributed by atoms with E-state index in [1.54, 1.807) is 0 Å². The summed E-state index contributed by atoms with van der Waals surface area (Å²) in [6, 6.07) is 7.37. The minimum absolute atomic E-state index is 0.302. The minimum Gasteiger partial charge on any atom is -0.494 e. The van der Waals surface area contributed by atoms with Crippen molar-refractivity contribution in [1.82, 2.24) is 0 Å². The Kier molecular flexibility index (Phi) is 4.52. The number of benzene rings is 1. The molecule has 0 radical (unpaired) electrons. The summed E-state index contributed by atoms with van der Waals surface area (Å²) in [4.78, 5) is 10.9. The molecule has 0 spiro atoms. The number of hydrogen-bond donors (Lipinski definition) is 2. The van der Waals surface area contributed by atoms with Crippen molar-refractivity contribution in [3.05, 3.63) is 29.8 Å². The highest BCUT2D eigenvalue weighted by molar-refractivity contribution is 5.78. The number of carboxylic acid groups (broad SMARTS) is 1. The lowest BCUT2D eigenvalue weighted by atomic mass is 9.94. The van der Waals surface area contributed by atoms with Gasteiger partial charge in [0.1, 0.15) is 11.3 Å². The first-order chi connectivity index (χ1) is 7.95. The van der Waals surface area contributed by atoms with Gasteiger partial charge < -0.3 is 15.6 Å². The largest absolute Gasteiger partial charge is 0.494 e. The Hall–Kier alpha value is -1.55. The van der Waals surface area contributed by atoms with Gasteiger partial charge >= 0.3 is 5.97 Å². The Morgan fingerprint density at radius 3 is 2.47 bits per heavy atom. The van der Waals surface area contributed by atoms with Crippen molar-refractivity contribution in [2.75, 3.05) is 6.61 Å². The predicted octanol–water partition coefficient (Wildman–Crippen LogP) is 1.82. The van der Waals surface area contributed by atoms with E-state index in [-0.39, 0.29) is 0 Å². The van der Waals surface area contributed by atoms with Crippen LogP contribution < -0.4 is 10.5 Å². The molecule has 0 aliphatic rings. The van der Waals surface area contributed by atoms with Gasteiger partial charge in [0.25, 0.3) is 0 Å². The maximum Gasteiger partial charge on any atom is 0.323 e. The van der Waals surface area contributed by atoms with Crippen molar-refractivity contribution in [3.63, 3.8) is 0 Å². The number of carboxylic acids is 1. The van der Waals surface area contributed by atoms with Crippen molar-refractivity contribution >= 4 is 5.97 Å². The summed E-state index contributed by atoms with van der Waals surface area (Å²) >= 11 is 0. The van der Waals surface area contributed by atoms with Crippen LogP contribution in [0.2, 0.25) is 0 Å². The van der Waals surface area contributed by atoms with E-state index < -0.39 is 11.5 Å². The highest BCUT2D eigenvalue weighted by atomic mass is 16.5. The van der Waals surface area contributed by atoms with Gasteiger partial charge in [0.15, 0.2) is 0 Å². The molecule has 0 aliphatic carbocycles. The summed E-state index contributed by atoms with van der Waals surface area (Å²) < 4.78 is 5.44. The second-order valence-corrected chi connectivity index (χ2v) is 4.39. The fourth-order valence-electron chi connectivity index (χ4n) is 1.42. The van der Waals surface area contributed by atoms with Gasteiger partial charge in [0.2, 0.25) is 0 Å². The lowest BCUT2D eigenvalue weighted by Gasteiger charge is -2.19. The molecule has 0 aromatic heterocycles. The fourth-order valence-corrected chi connectivity index (χ4v) is 1.42. The monoisotopic (exact) mass is 237 g/mol. The molecule has 4 nitrogen and oxygen atoms in total. The van der Waals surface area contributed by atoms with Gasteiger partial charge in [-0.1, -0.05) is 19.1 Å². The minimum atomic E-state index is -1.23. The van der Waals surface area contributed by atoms with Gasteiger partial charge in [-0.3, -0.25) is 4.79 Å². The van der Waals surface area contributed by atoms with Crippen molar-refractivity contribution in [1.29, 1.82) is 0 Å². The smallest absolute Gasteiger partial charge is 0.323 e. The van der Waals surface area contributed by atoms with E-state index in [2.05, 4.69) is 0 Å². The molecule has 1 rings (SSSR count). The van der Waals surface area contributed by atoms with E-state index >= 15 is 0 Å². The van der Waals surface area contributed by atoms with Gasteiger partial charge in [0, 0.05) is 6.42 Å². The second kappa shape index (κ2) is 5.68. The van der Waals surface area contributed by atoms with Crippen molar-refractivity contribution in [2.45, 2.75) is 32.2 Å². The number of rotatable bonds is 6. The molecule has 1 aromatic rings. The second-order valence-electron chi connectivity index (χ2n) is 4.39. The Morgan fingerprint density at radius 2 is 2.00 bits per heavy atom. The summed E-state index contributed by atoms with van der Waals surface area (Å²) in [5, 5.41) is 8.92. The van der Waals surface area contributed by atoms with Crippen LogP contribution in [0, 0.1) is 0 Å². The van der Waals surface area contributed by atoms with Crippen LogP contribution in [0.4, 0.5) is 0 Å². The average Bonchev–Trinajstić information content (AvgIpc) is 2.27. The first kappa shape index (κ1) is 13.5. The van der Waals surface area contributed by atoms with Crippen LogP contribution in [-0.2, 0) is 11.2 Å². The highest BCUT2D eigenvalue weighted by Crippen LogP contribution is 2.16. The van der Waals surface area contributed by atoms with Gasteiger partial charge in [-0.05, 0) is 31.0 Å². The standard InChI is InChI=1S/C13H19NO3/c1-3-8-17-11-6-4-10(5-7-11)9-13(2,14)12(15)16/h4-7H,3,8-9,14H2,1-2H3,(H,15,16). The fraction of sp³-hybridized carbons (Fsp3) is 0.462. The normalized spacial score (nSPS) is 14.1. The van der Waals surface area contributed by atoms with Crippen molar-refractivity contribution < 1.29 is 14.6 Å². The van der Waals surface area contributed by atoms with E-state index in [1.807, 2.05) is 31.2 Å². The van der Waals surface area contributed by atoms with Crippen molar-refractivity contribution in [2.24, 2.45) is 5.73 Å². The molecular formula is C13H19NO3. The summed E-state index contributed by atoms with van der Waals surface area (Å²) in [6.45, 7) is 4.24. The summed E-state index contributed by atoms with van der Waals surface area (Å²) in [7, 11) is 0. The number of ether oxygens (including phenoxy) is 1. The topological polar surface area (TPSA) is 72.5 Å². The van der Waals surface area contributed by atoms with Crippen LogP contribution in [0.5, 0.6) is 5.75 Å². The van der Waals surface area contributed by atoms with E-state index in [4.69, 9.17) is 15.6 Å². The van der Waals surface area contributed by atoms with Crippen LogP contribution >= 0.6 is 0 Å². The maximum atomic E-state index is 10.9. The van der Waals surface area contributed by atoms with E-state index in [0.717, 1.165) is 17.7 Å². The molecule has 0 amide bonds. The molecule has 0 aliphatic heterocycles. The van der Waals surface area contributed by atoms with Gasteiger partial charge in [-0.25, -0.2) is 0 Å². The third kappa shape index (κ3) is 4.07. The molecule has 0 saturated carbocycles. The van der Waals surface area contributed by atoms with Crippen LogP contribution in [0.1, 0.15) is 25.8 Å². The lowest BCUT2D eigenvalue weighted by molar-refractivity contribution is -0.142. The Balaban J connectivity index is 2.65. The molecule has 3 N–H and O–H groups in total. The molecule has 0 saturated heterocycles. The third-order valence-corrected chi connectivity index (χ3v) is 2.46. The molecular weight excluding hydrogens is 218 g/mol.